The Hall–Kier alpha value is -1.80. The van der Waals surface area contributed by atoms with Crippen LogP contribution in [0.2, 0.25) is 0 Å². The van der Waals surface area contributed by atoms with Crippen molar-refractivity contribution in [3.63, 3.8) is 0 Å². The maximum atomic E-state index is 12.9. The number of aryl methyl sites for hydroxylation is 1. The van der Waals surface area contributed by atoms with Crippen molar-refractivity contribution >= 4 is 9.84 Å². The monoisotopic (exact) mass is 338 g/mol. The lowest BCUT2D eigenvalue weighted by atomic mass is 10.1. The van der Waals surface area contributed by atoms with Gasteiger partial charge in [0.25, 0.3) is 0 Å². The first-order valence-electron chi connectivity index (χ1n) is 7.63. The Morgan fingerprint density at radius 2 is 2.09 bits per heavy atom. The fourth-order valence-corrected chi connectivity index (χ4v) is 4.04. The number of benzene rings is 1. The van der Waals surface area contributed by atoms with Gasteiger partial charge in [-0.15, -0.1) is 0 Å². The molecule has 1 aliphatic rings. The zero-order valence-electron chi connectivity index (χ0n) is 12.7. The number of nitrogens with zero attached hydrogens (tertiary/aromatic N) is 3. The predicted molar refractivity (Wildman–Crippen MR) is 83.2 cm³/mol. The molecule has 23 heavy (non-hydrogen) atoms. The molecule has 0 bridgehead atoms. The highest BCUT2D eigenvalue weighted by Gasteiger charge is 2.19. The maximum absolute atomic E-state index is 12.9. The van der Waals surface area contributed by atoms with E-state index in [0.717, 1.165) is 25.2 Å². The molecule has 0 saturated heterocycles. The third-order valence-corrected chi connectivity index (χ3v) is 5.82. The van der Waals surface area contributed by atoms with E-state index in [9.17, 15) is 12.8 Å². The summed E-state index contributed by atoms with van der Waals surface area (Å²) in [5.74, 6) is 0.616. The Balaban J connectivity index is 1.46. The number of fused-ring (bicyclic) bond motifs is 1. The molecule has 0 fully saturated rings. The molecule has 2 aromatic rings. The van der Waals surface area contributed by atoms with Gasteiger partial charge in [0.2, 0.25) is 0 Å². The first-order valence-corrected chi connectivity index (χ1v) is 9.28. The molecule has 3 rings (SSSR count). The molecule has 8 heteroatoms. The average Bonchev–Trinajstić information content (AvgIpc) is 3.00. The maximum Gasteiger partial charge on any atom is 0.178 e. The summed E-state index contributed by atoms with van der Waals surface area (Å²) in [6, 6.07) is 5.25. The second-order valence-corrected chi connectivity index (χ2v) is 7.78. The Morgan fingerprint density at radius 3 is 2.87 bits per heavy atom. The number of aromatic nitrogens is 3. The Morgan fingerprint density at radius 1 is 1.30 bits per heavy atom. The van der Waals surface area contributed by atoms with Gasteiger partial charge in [0, 0.05) is 12.5 Å². The van der Waals surface area contributed by atoms with Crippen LogP contribution in [-0.4, -0.2) is 41.5 Å². The Kier molecular flexibility index (Phi) is 4.72. The summed E-state index contributed by atoms with van der Waals surface area (Å²) in [5, 5.41) is 7.53. The van der Waals surface area contributed by atoms with E-state index in [2.05, 4.69) is 15.4 Å². The van der Waals surface area contributed by atoms with Gasteiger partial charge < -0.3 is 5.32 Å². The number of rotatable bonds is 6. The highest BCUT2D eigenvalue weighted by Crippen LogP contribution is 2.14. The fourth-order valence-electron chi connectivity index (χ4n) is 2.73. The van der Waals surface area contributed by atoms with Gasteiger partial charge in [0.15, 0.2) is 9.84 Å². The zero-order valence-corrected chi connectivity index (χ0v) is 13.5. The predicted octanol–water partition coefficient (Wildman–Crippen LogP) is 1.19. The average molecular weight is 338 g/mol. The summed E-state index contributed by atoms with van der Waals surface area (Å²) in [6.45, 7) is 1.38. The van der Waals surface area contributed by atoms with Crippen LogP contribution in [0.1, 0.15) is 18.7 Å². The molecule has 1 atom stereocenters. The van der Waals surface area contributed by atoms with Gasteiger partial charge in [-0.05, 0) is 43.7 Å². The molecule has 1 aliphatic heterocycles. The molecule has 0 spiro atoms. The van der Waals surface area contributed by atoms with Crippen LogP contribution in [0.5, 0.6) is 0 Å². The number of sulfone groups is 1. The normalized spacial score (nSPS) is 17.9. The van der Waals surface area contributed by atoms with E-state index in [1.165, 1.54) is 24.3 Å². The van der Waals surface area contributed by atoms with Gasteiger partial charge in [-0.2, -0.15) is 5.10 Å². The highest BCUT2D eigenvalue weighted by atomic mass is 32.2. The summed E-state index contributed by atoms with van der Waals surface area (Å²) in [5.41, 5.74) is 0. The summed E-state index contributed by atoms with van der Waals surface area (Å²) >= 11 is 0. The van der Waals surface area contributed by atoms with Crippen molar-refractivity contribution in [3.05, 3.63) is 42.2 Å². The van der Waals surface area contributed by atoms with Gasteiger partial charge in [-0.3, -0.25) is 0 Å². The Labute approximate surface area is 134 Å². The van der Waals surface area contributed by atoms with Crippen LogP contribution in [0, 0.1) is 5.82 Å². The van der Waals surface area contributed by atoms with Crippen LogP contribution in [0.25, 0.3) is 0 Å². The largest absolute Gasteiger partial charge is 0.312 e. The first-order chi connectivity index (χ1) is 11.0. The van der Waals surface area contributed by atoms with Crippen molar-refractivity contribution in [1.29, 1.82) is 0 Å². The lowest BCUT2D eigenvalue weighted by molar-refractivity contribution is 0.360. The van der Waals surface area contributed by atoms with Gasteiger partial charge in [-0.1, -0.05) is 0 Å². The van der Waals surface area contributed by atoms with Crippen LogP contribution in [-0.2, 0) is 22.8 Å². The van der Waals surface area contributed by atoms with Crippen molar-refractivity contribution in [2.24, 2.45) is 0 Å². The first kappa shape index (κ1) is 16.1. The molecule has 0 saturated carbocycles. The van der Waals surface area contributed by atoms with E-state index >= 15 is 0 Å². The lowest BCUT2D eigenvalue weighted by Crippen LogP contribution is -2.38. The van der Waals surface area contributed by atoms with E-state index in [1.807, 2.05) is 4.68 Å². The number of hydrogen-bond donors (Lipinski definition) is 1. The second-order valence-electron chi connectivity index (χ2n) is 5.67. The topological polar surface area (TPSA) is 76.9 Å². The van der Waals surface area contributed by atoms with Crippen molar-refractivity contribution < 1.29 is 12.8 Å². The summed E-state index contributed by atoms with van der Waals surface area (Å²) < 4.78 is 39.0. The minimum absolute atomic E-state index is 0.0485. The minimum Gasteiger partial charge on any atom is -0.312 e. The molecule has 124 valence electrons. The lowest BCUT2D eigenvalue weighted by Gasteiger charge is -2.23. The van der Waals surface area contributed by atoms with Gasteiger partial charge >= 0.3 is 0 Å². The molecule has 0 aliphatic carbocycles. The van der Waals surface area contributed by atoms with E-state index in [0.29, 0.717) is 13.0 Å². The molecule has 1 aromatic carbocycles. The second kappa shape index (κ2) is 6.76. The fraction of sp³-hybridized carbons (Fsp3) is 0.467. The highest BCUT2D eigenvalue weighted by molar-refractivity contribution is 7.91. The van der Waals surface area contributed by atoms with E-state index in [-0.39, 0.29) is 16.7 Å². The van der Waals surface area contributed by atoms with E-state index < -0.39 is 15.7 Å². The van der Waals surface area contributed by atoms with Crippen LogP contribution in [0.4, 0.5) is 4.39 Å². The molecule has 1 aromatic heterocycles. The summed E-state index contributed by atoms with van der Waals surface area (Å²) in [4.78, 5) is 4.35. The van der Waals surface area contributed by atoms with Crippen molar-refractivity contribution in [3.8, 4) is 0 Å². The van der Waals surface area contributed by atoms with Crippen LogP contribution >= 0.6 is 0 Å². The van der Waals surface area contributed by atoms with Crippen LogP contribution in [0.15, 0.2) is 35.5 Å². The third kappa shape index (κ3) is 3.94. The van der Waals surface area contributed by atoms with E-state index in [4.69, 9.17) is 0 Å². The third-order valence-electron chi connectivity index (χ3n) is 4.00. The van der Waals surface area contributed by atoms with Crippen LogP contribution < -0.4 is 5.32 Å². The molecule has 2 heterocycles. The molecular formula is C15H19FN4O2S. The number of hydrogen-bond acceptors (Lipinski definition) is 5. The standard InChI is InChI=1S/C15H19FN4O2S/c16-12-2-5-14(6-3-12)23(21,22)9-1-8-17-13-4-7-15-18-11-19-20(15)10-13/h2-3,5-6,11,13,17H,1,4,7-10H2. The molecule has 1 unspecified atom stereocenters. The van der Waals surface area contributed by atoms with Crippen molar-refractivity contribution in [2.45, 2.75) is 36.7 Å². The van der Waals surface area contributed by atoms with Gasteiger partial charge in [0.1, 0.15) is 18.0 Å². The summed E-state index contributed by atoms with van der Waals surface area (Å²) in [7, 11) is -3.35. The number of nitrogens with one attached hydrogen (secondary N) is 1. The SMILES string of the molecule is O=S(=O)(CCCNC1CCc2ncnn2C1)c1ccc(F)cc1. The van der Waals surface area contributed by atoms with Crippen molar-refractivity contribution in [1.82, 2.24) is 20.1 Å². The summed E-state index contributed by atoms with van der Waals surface area (Å²) in [6.07, 6.45) is 3.93. The van der Waals surface area contributed by atoms with Crippen molar-refractivity contribution in [2.75, 3.05) is 12.3 Å². The number of halogens is 1. The molecule has 6 nitrogen and oxygen atoms in total. The van der Waals surface area contributed by atoms with E-state index in [1.54, 1.807) is 6.33 Å². The molecule has 1 N–H and O–H groups in total. The van der Waals surface area contributed by atoms with Gasteiger partial charge in [-0.25, -0.2) is 22.5 Å². The van der Waals surface area contributed by atoms with Crippen LogP contribution in [0.3, 0.4) is 0 Å². The molecule has 0 radical (unpaired) electrons. The quantitative estimate of drug-likeness (QED) is 0.632. The molecule has 0 amide bonds. The zero-order chi connectivity index (χ0) is 16.3. The minimum atomic E-state index is -3.35. The van der Waals surface area contributed by atoms with Gasteiger partial charge in [0.05, 0.1) is 17.2 Å². The molecular weight excluding hydrogens is 319 g/mol. The smallest absolute Gasteiger partial charge is 0.178 e. The Bertz CT molecular complexity index is 758.